The van der Waals surface area contributed by atoms with E-state index in [1.807, 2.05) is 43.0 Å². The number of fused-ring (bicyclic) bond motifs is 38. The highest BCUT2D eigenvalue weighted by atomic mass is 15.0. The molecule has 0 fully saturated rings. The van der Waals surface area contributed by atoms with E-state index in [1.54, 1.807) is 0 Å². The van der Waals surface area contributed by atoms with Crippen molar-refractivity contribution >= 4 is 228 Å². The number of para-hydroxylation sites is 4. The van der Waals surface area contributed by atoms with Crippen molar-refractivity contribution in [2.24, 2.45) is 0 Å². The van der Waals surface area contributed by atoms with Crippen molar-refractivity contribution in [1.82, 2.24) is 38.2 Å². The summed E-state index contributed by atoms with van der Waals surface area (Å²) >= 11 is 0. The Morgan fingerprint density at radius 1 is 0.142 bits per heavy atom. The van der Waals surface area contributed by atoms with Crippen LogP contribution in [0.3, 0.4) is 0 Å². The summed E-state index contributed by atoms with van der Waals surface area (Å²) in [5.41, 5.74) is 21.1. The average Bonchev–Trinajstić information content (AvgIpc) is 1.55. The van der Waals surface area contributed by atoms with E-state index in [0.29, 0.717) is 0 Å². The monoisotopic (exact) mass is 1700 g/mol. The van der Waals surface area contributed by atoms with Gasteiger partial charge in [0.25, 0.3) is 0 Å². The third-order valence-corrected chi connectivity index (χ3v) is 27.7. The summed E-state index contributed by atoms with van der Waals surface area (Å²) in [6.45, 7) is 0. The number of hydrogen-bond acceptors (Lipinski definition) is 4. The molecule has 134 heavy (non-hydrogen) atoms. The maximum atomic E-state index is 4.86. The molecule has 30 rings (SSSR count). The van der Waals surface area contributed by atoms with Crippen LogP contribution >= 0.6 is 0 Å². The van der Waals surface area contributed by atoms with Crippen LogP contribution in [0.15, 0.2) is 474 Å². The molecule has 0 aliphatic rings. The van der Waals surface area contributed by atoms with Crippen LogP contribution in [0.5, 0.6) is 0 Å². The van der Waals surface area contributed by atoms with Gasteiger partial charge in [-0.05, 0) is 191 Å². The first-order chi connectivity index (χ1) is 66.6. The predicted molar refractivity (Wildman–Crippen MR) is 567 cm³/mol. The Bertz CT molecular complexity index is 10100. The fourth-order valence-electron chi connectivity index (χ4n) is 22.1. The zero-order chi connectivity index (χ0) is 88.0. The Balaban J connectivity index is 0.0000000912. The maximum Gasteiger partial charge on any atom is 0.0801 e. The minimum atomic E-state index is 1.04. The molecular formula is C126H78N8. The molecule has 30 aromatic rings. The van der Waals surface area contributed by atoms with Gasteiger partial charge in [0, 0.05) is 133 Å². The molecule has 0 saturated carbocycles. The number of benzene rings is 22. The Hall–Kier alpha value is -18.0. The SMILES string of the molecule is c1ccc(-c2ccc3cc(-n4c5ccccc5c5c6ccccc6c6ncccc6c54)ccc3c2)cc1.c1ccc2c(-n3c4ccccc4c4c5ccccc5c5ncccc5c43)cccc2c1.c1ccc2c(c1)cc(-n1c3ccccc3c3c4ccccc4c4ncccc4c31)c1ccccc12.c1ccc2cc(-n3c4ccccc4c4c5ccccc5c5ncccc5c43)ccc2c1. The highest BCUT2D eigenvalue weighted by Gasteiger charge is 2.27. The molecule has 0 N–H and O–H groups in total. The quantitative estimate of drug-likeness (QED) is 0.161. The third kappa shape index (κ3) is 11.8. The van der Waals surface area contributed by atoms with Crippen molar-refractivity contribution in [1.29, 1.82) is 0 Å². The van der Waals surface area contributed by atoms with Crippen molar-refractivity contribution in [2.75, 3.05) is 0 Å². The fourth-order valence-corrected chi connectivity index (χ4v) is 22.1. The van der Waals surface area contributed by atoms with Crippen LogP contribution in [0.4, 0.5) is 0 Å². The highest BCUT2D eigenvalue weighted by Crippen LogP contribution is 2.49. The van der Waals surface area contributed by atoms with Crippen molar-refractivity contribution in [3.05, 3.63) is 474 Å². The standard InChI is InChI=1S/C35H22N2.C33H20N2.2C29H18N2/c1-2-9-23(10-3-1)24-16-17-26-22-27(19-18-25(26)21-24)37-32-15-7-6-13-30(32)33-28-11-4-5-12-29(28)34-31(35(33)37)14-8-20-36-34;1-2-11-22-21(10-1)20-30(24-13-4-3-12-23(22)24)35-29-18-8-7-16-27(29)31-25-14-5-6-15-26(25)32-28(33(31)35)17-9-19-34-32;1-2-11-20-19(9-1)10-7-17-25(20)31-26-16-6-5-14-23(26)27-21-12-3-4-13-22(21)28-24(29(27)31)15-8-18-30-28;1-2-9-20-18-21(16-15-19(20)8-1)31-26-14-6-5-12-24(26)27-22-10-3-4-11-23(22)28-25(29(27)31)13-7-17-30-28/h1-22H;1-20H;2*1-18H. The van der Waals surface area contributed by atoms with E-state index in [0.717, 1.165) is 27.8 Å². The molecule has 0 aliphatic heterocycles. The number of nitrogens with zero attached hydrogens (tertiary/aromatic N) is 8. The van der Waals surface area contributed by atoms with E-state index in [2.05, 4.69) is 449 Å². The van der Waals surface area contributed by atoms with E-state index in [1.165, 1.54) is 234 Å². The Morgan fingerprint density at radius 3 is 0.896 bits per heavy atom. The summed E-state index contributed by atoms with van der Waals surface area (Å²) < 4.78 is 9.73. The van der Waals surface area contributed by atoms with E-state index in [4.69, 9.17) is 19.9 Å². The normalized spacial score (nSPS) is 11.9. The van der Waals surface area contributed by atoms with Gasteiger partial charge in [-0.25, -0.2) is 0 Å². The second-order valence-corrected chi connectivity index (χ2v) is 34.9. The van der Waals surface area contributed by atoms with Gasteiger partial charge in [0.2, 0.25) is 0 Å². The average molecular weight is 1700 g/mol. The summed E-state index contributed by atoms with van der Waals surface area (Å²) in [7, 11) is 0. The molecule has 0 amide bonds. The second-order valence-electron chi connectivity index (χ2n) is 34.9. The Morgan fingerprint density at radius 2 is 0.440 bits per heavy atom. The number of aromatic nitrogens is 8. The molecule has 8 heterocycles. The smallest absolute Gasteiger partial charge is 0.0801 e. The molecule has 8 aromatic heterocycles. The molecule has 8 heteroatoms. The molecule has 8 nitrogen and oxygen atoms in total. The molecule has 0 spiro atoms. The molecule has 0 unspecified atom stereocenters. The predicted octanol–water partition coefficient (Wildman–Crippen LogP) is 33.4. The van der Waals surface area contributed by atoms with Gasteiger partial charge in [0.1, 0.15) is 0 Å². The minimum absolute atomic E-state index is 1.04. The Labute approximate surface area is 768 Å². The maximum absolute atomic E-state index is 4.86. The largest absolute Gasteiger partial charge is 0.309 e. The fraction of sp³-hybridized carbons (Fsp3) is 0. The van der Waals surface area contributed by atoms with Gasteiger partial charge in [-0.2, -0.15) is 0 Å². The van der Waals surface area contributed by atoms with Crippen LogP contribution in [0, 0.1) is 0 Å². The summed E-state index contributed by atoms with van der Waals surface area (Å²) in [5.74, 6) is 0. The van der Waals surface area contributed by atoms with Crippen molar-refractivity contribution in [2.45, 2.75) is 0 Å². The van der Waals surface area contributed by atoms with Gasteiger partial charge in [-0.1, -0.05) is 334 Å². The zero-order valence-electron chi connectivity index (χ0n) is 72.6. The van der Waals surface area contributed by atoms with Crippen molar-refractivity contribution in [3.8, 4) is 33.9 Å². The van der Waals surface area contributed by atoms with Crippen LogP contribution in [0.2, 0.25) is 0 Å². The van der Waals surface area contributed by atoms with Gasteiger partial charge in [-0.15, -0.1) is 0 Å². The zero-order valence-corrected chi connectivity index (χ0v) is 72.6. The molecular weight excluding hydrogens is 1630 g/mol. The van der Waals surface area contributed by atoms with E-state index >= 15 is 0 Å². The third-order valence-electron chi connectivity index (χ3n) is 27.7. The van der Waals surface area contributed by atoms with E-state index in [9.17, 15) is 0 Å². The lowest BCUT2D eigenvalue weighted by Gasteiger charge is -2.15. The van der Waals surface area contributed by atoms with Gasteiger partial charge in [0.15, 0.2) is 0 Å². The summed E-state index contributed by atoms with van der Waals surface area (Å²) in [6.07, 6.45) is 7.59. The van der Waals surface area contributed by atoms with Crippen molar-refractivity contribution < 1.29 is 0 Å². The van der Waals surface area contributed by atoms with E-state index in [-0.39, 0.29) is 0 Å². The highest BCUT2D eigenvalue weighted by molar-refractivity contribution is 6.36. The second kappa shape index (κ2) is 30.9. The minimum Gasteiger partial charge on any atom is -0.309 e. The molecule has 0 atom stereocenters. The van der Waals surface area contributed by atoms with Crippen LogP contribution < -0.4 is 0 Å². The number of rotatable bonds is 5. The molecule has 0 saturated heterocycles. The summed E-state index contributed by atoms with van der Waals surface area (Å²) in [4.78, 5) is 19.3. The molecule has 0 aliphatic carbocycles. The lowest BCUT2D eigenvalue weighted by molar-refractivity contribution is 1.19. The molecule has 0 bridgehead atoms. The lowest BCUT2D eigenvalue weighted by Crippen LogP contribution is -1.97. The first-order valence-corrected chi connectivity index (χ1v) is 45.8. The number of hydrogen-bond donors (Lipinski definition) is 0. The Kier molecular flexibility index (Phi) is 17.5. The van der Waals surface area contributed by atoms with Crippen LogP contribution in [-0.4, -0.2) is 38.2 Å². The van der Waals surface area contributed by atoms with Gasteiger partial charge < -0.3 is 18.3 Å². The van der Waals surface area contributed by atoms with Gasteiger partial charge >= 0.3 is 0 Å². The lowest BCUT2D eigenvalue weighted by atomic mass is 9.99. The first-order valence-electron chi connectivity index (χ1n) is 45.8. The first kappa shape index (κ1) is 76.1. The number of pyridine rings is 4. The summed E-state index contributed by atoms with van der Waals surface area (Å²) in [5, 5.41) is 37.2. The molecule has 622 valence electrons. The van der Waals surface area contributed by atoms with Crippen LogP contribution in [0.25, 0.3) is 262 Å². The van der Waals surface area contributed by atoms with Crippen LogP contribution in [0.1, 0.15) is 0 Å². The van der Waals surface area contributed by atoms with Crippen molar-refractivity contribution in [3.63, 3.8) is 0 Å². The van der Waals surface area contributed by atoms with Gasteiger partial charge in [0.05, 0.1) is 77.6 Å². The molecule has 22 aromatic carbocycles. The van der Waals surface area contributed by atoms with E-state index < -0.39 is 0 Å². The van der Waals surface area contributed by atoms with Crippen LogP contribution in [-0.2, 0) is 0 Å². The topological polar surface area (TPSA) is 71.3 Å². The summed E-state index contributed by atoms with van der Waals surface area (Å²) in [6, 6.07) is 161. The molecule has 0 radical (unpaired) electrons. The van der Waals surface area contributed by atoms with Gasteiger partial charge in [-0.3, -0.25) is 19.9 Å².